The molecule has 0 aliphatic heterocycles. The molecule has 0 saturated heterocycles. The van der Waals surface area contributed by atoms with Gasteiger partial charge in [0, 0.05) is 19.3 Å². The Morgan fingerprint density at radius 2 is 0.500 bits per heavy atom. The molecule has 0 saturated carbocycles. The van der Waals surface area contributed by atoms with Crippen LogP contribution < -0.4 is 0 Å². The SMILES string of the molecule is CCCCCCCCCCCCCCCC(=O)OCC(COC(=O)CCCCCCCCCCCCCCC)C(=O)CCCCCCCCCCCCC. The van der Waals surface area contributed by atoms with E-state index in [4.69, 9.17) is 9.47 Å². The van der Waals surface area contributed by atoms with E-state index in [9.17, 15) is 14.4 Å². The molecular weight excluding hydrogens is 669 g/mol. The van der Waals surface area contributed by atoms with Crippen molar-refractivity contribution in [3.8, 4) is 0 Å². The van der Waals surface area contributed by atoms with Crippen LogP contribution >= 0.6 is 0 Å². The molecule has 0 radical (unpaired) electrons. The number of hydrogen-bond donors (Lipinski definition) is 0. The van der Waals surface area contributed by atoms with E-state index in [1.165, 1.54) is 193 Å². The molecule has 0 aliphatic rings. The van der Waals surface area contributed by atoms with E-state index in [1.807, 2.05) is 0 Å². The van der Waals surface area contributed by atoms with Gasteiger partial charge in [0.15, 0.2) is 0 Å². The largest absolute Gasteiger partial charge is 0.465 e. The summed E-state index contributed by atoms with van der Waals surface area (Å²) < 4.78 is 11.2. The summed E-state index contributed by atoms with van der Waals surface area (Å²) in [7, 11) is 0. The van der Waals surface area contributed by atoms with Crippen molar-refractivity contribution in [2.75, 3.05) is 13.2 Å². The third-order valence-electron chi connectivity index (χ3n) is 11.3. The number of ether oxygens (including phenoxy) is 2. The Balaban J connectivity index is 4.30. The monoisotopic (exact) mass is 763 g/mol. The average molecular weight is 763 g/mol. The molecule has 5 nitrogen and oxygen atoms in total. The van der Waals surface area contributed by atoms with E-state index in [0.29, 0.717) is 19.3 Å². The van der Waals surface area contributed by atoms with Crippen LogP contribution in [0.5, 0.6) is 0 Å². The van der Waals surface area contributed by atoms with Crippen molar-refractivity contribution in [2.45, 2.75) is 278 Å². The number of Topliss-reactive ketones (excluding diaryl/α,β-unsaturated/α-hetero) is 1. The van der Waals surface area contributed by atoms with Gasteiger partial charge in [0.05, 0.1) is 5.92 Å². The van der Waals surface area contributed by atoms with Gasteiger partial charge in [-0.3, -0.25) is 14.4 Å². The van der Waals surface area contributed by atoms with Crippen LogP contribution in [0.1, 0.15) is 278 Å². The highest BCUT2D eigenvalue weighted by atomic mass is 16.5. The highest BCUT2D eigenvalue weighted by Crippen LogP contribution is 2.17. The lowest BCUT2D eigenvalue weighted by Crippen LogP contribution is -2.28. The van der Waals surface area contributed by atoms with Crippen molar-refractivity contribution in [1.29, 1.82) is 0 Å². The van der Waals surface area contributed by atoms with Gasteiger partial charge in [-0.2, -0.15) is 0 Å². The van der Waals surface area contributed by atoms with Crippen molar-refractivity contribution in [2.24, 2.45) is 5.92 Å². The Kier molecular flexibility index (Phi) is 43.2. The fourth-order valence-corrected chi connectivity index (χ4v) is 7.51. The number of ketones is 1. The molecule has 320 valence electrons. The van der Waals surface area contributed by atoms with Crippen molar-refractivity contribution in [3.63, 3.8) is 0 Å². The third-order valence-corrected chi connectivity index (χ3v) is 11.3. The predicted molar refractivity (Wildman–Crippen MR) is 232 cm³/mol. The third kappa shape index (κ3) is 40.3. The molecule has 0 N–H and O–H groups in total. The highest BCUT2D eigenvalue weighted by molar-refractivity contribution is 5.82. The first-order valence-corrected chi connectivity index (χ1v) is 24.4. The van der Waals surface area contributed by atoms with Gasteiger partial charge in [-0.05, 0) is 19.3 Å². The molecule has 5 heteroatoms. The summed E-state index contributed by atoms with van der Waals surface area (Å²) in [5, 5.41) is 0. The fraction of sp³-hybridized carbons (Fsp3) is 0.939. The van der Waals surface area contributed by atoms with E-state index in [2.05, 4.69) is 20.8 Å². The number of carbonyl (C=O) groups excluding carboxylic acids is 3. The summed E-state index contributed by atoms with van der Waals surface area (Å²) in [6.45, 7) is 6.85. The molecule has 0 aromatic heterocycles. The molecule has 0 atom stereocenters. The van der Waals surface area contributed by atoms with Crippen molar-refractivity contribution >= 4 is 17.7 Å². The topological polar surface area (TPSA) is 69.7 Å². The van der Waals surface area contributed by atoms with Gasteiger partial charge in [0.2, 0.25) is 0 Å². The fourth-order valence-electron chi connectivity index (χ4n) is 7.51. The van der Waals surface area contributed by atoms with Crippen LogP contribution in [-0.4, -0.2) is 30.9 Å². The molecule has 0 aliphatic carbocycles. The van der Waals surface area contributed by atoms with Gasteiger partial charge in [0.1, 0.15) is 19.0 Å². The van der Waals surface area contributed by atoms with E-state index in [0.717, 1.165) is 44.9 Å². The van der Waals surface area contributed by atoms with Crippen molar-refractivity contribution in [1.82, 2.24) is 0 Å². The number of esters is 2. The first kappa shape index (κ1) is 52.6. The molecular formula is C49H94O5. The van der Waals surface area contributed by atoms with Crippen LogP contribution in [0.2, 0.25) is 0 Å². The van der Waals surface area contributed by atoms with Crippen LogP contribution in [0, 0.1) is 5.92 Å². The Hall–Kier alpha value is -1.39. The quantitative estimate of drug-likeness (QED) is 0.0456. The normalized spacial score (nSPS) is 11.4. The number of rotatable bonds is 45. The maximum atomic E-state index is 13.2. The lowest BCUT2D eigenvalue weighted by Gasteiger charge is -2.16. The molecule has 0 fully saturated rings. The Bertz CT molecular complexity index is 749. The second-order valence-electron chi connectivity index (χ2n) is 16.8. The van der Waals surface area contributed by atoms with Crippen LogP contribution in [0.3, 0.4) is 0 Å². The zero-order valence-corrected chi connectivity index (χ0v) is 36.8. The number of unbranched alkanes of at least 4 members (excludes halogenated alkanes) is 34. The molecule has 0 rings (SSSR count). The maximum Gasteiger partial charge on any atom is 0.305 e. The summed E-state index contributed by atoms with van der Waals surface area (Å²) in [4.78, 5) is 38.4. The molecule has 0 aromatic rings. The number of carbonyl (C=O) groups is 3. The number of hydrogen-bond acceptors (Lipinski definition) is 5. The summed E-state index contributed by atoms with van der Waals surface area (Å²) >= 11 is 0. The van der Waals surface area contributed by atoms with Gasteiger partial charge < -0.3 is 9.47 Å². The van der Waals surface area contributed by atoms with E-state index in [1.54, 1.807) is 0 Å². The van der Waals surface area contributed by atoms with Crippen LogP contribution in [-0.2, 0) is 23.9 Å². The minimum Gasteiger partial charge on any atom is -0.465 e. The van der Waals surface area contributed by atoms with E-state index < -0.39 is 5.92 Å². The summed E-state index contributed by atoms with van der Waals surface area (Å²) in [5.74, 6) is -0.958. The zero-order chi connectivity index (χ0) is 39.4. The molecule has 0 heterocycles. The minimum atomic E-state index is -0.556. The second kappa shape index (κ2) is 44.3. The van der Waals surface area contributed by atoms with Gasteiger partial charge in [0.25, 0.3) is 0 Å². The summed E-state index contributed by atoms with van der Waals surface area (Å²) in [6, 6.07) is 0. The van der Waals surface area contributed by atoms with E-state index in [-0.39, 0.29) is 30.9 Å². The summed E-state index contributed by atoms with van der Waals surface area (Å²) in [5.41, 5.74) is 0. The lowest BCUT2D eigenvalue weighted by molar-refractivity contribution is -0.151. The Morgan fingerprint density at radius 1 is 0.296 bits per heavy atom. The smallest absolute Gasteiger partial charge is 0.305 e. The zero-order valence-electron chi connectivity index (χ0n) is 36.8. The van der Waals surface area contributed by atoms with Crippen molar-refractivity contribution in [3.05, 3.63) is 0 Å². The molecule has 54 heavy (non-hydrogen) atoms. The highest BCUT2D eigenvalue weighted by Gasteiger charge is 2.22. The molecule has 0 spiro atoms. The van der Waals surface area contributed by atoms with Gasteiger partial charge in [-0.25, -0.2) is 0 Å². The van der Waals surface area contributed by atoms with Crippen LogP contribution in [0.4, 0.5) is 0 Å². The Labute approximate surface area is 337 Å². The Morgan fingerprint density at radius 3 is 0.741 bits per heavy atom. The molecule has 0 aromatic carbocycles. The maximum absolute atomic E-state index is 13.2. The van der Waals surface area contributed by atoms with Gasteiger partial charge in [-0.15, -0.1) is 0 Å². The molecule has 0 unspecified atom stereocenters. The standard InChI is InChI=1S/C49H94O5/c1-4-7-10-13-16-19-22-24-27-30-33-36-39-42-48(51)53-44-46(47(50)41-38-35-32-29-26-21-18-15-12-9-6-3)45-54-49(52)43-40-37-34-31-28-25-23-20-17-14-11-8-5-2/h46H,4-45H2,1-3H3. The van der Waals surface area contributed by atoms with Gasteiger partial charge in [-0.1, -0.05) is 239 Å². The molecule has 0 amide bonds. The first-order valence-electron chi connectivity index (χ1n) is 24.4. The molecule has 0 bridgehead atoms. The summed E-state index contributed by atoms with van der Waals surface area (Å²) in [6.07, 6.45) is 47.9. The van der Waals surface area contributed by atoms with Crippen LogP contribution in [0.25, 0.3) is 0 Å². The second-order valence-corrected chi connectivity index (χ2v) is 16.8. The van der Waals surface area contributed by atoms with Crippen molar-refractivity contribution < 1.29 is 23.9 Å². The first-order chi connectivity index (χ1) is 26.5. The predicted octanol–water partition coefficient (Wildman–Crippen LogP) is 15.9. The lowest BCUT2D eigenvalue weighted by atomic mass is 9.99. The average Bonchev–Trinajstić information content (AvgIpc) is 3.17. The van der Waals surface area contributed by atoms with E-state index >= 15 is 0 Å². The van der Waals surface area contributed by atoms with Gasteiger partial charge >= 0.3 is 11.9 Å². The minimum absolute atomic E-state index is 0.0279. The van der Waals surface area contributed by atoms with Crippen LogP contribution in [0.15, 0.2) is 0 Å².